The molecule has 0 aromatic heterocycles. The Bertz CT molecular complexity index is 536. The maximum atomic E-state index is 13.3. The zero-order chi connectivity index (χ0) is 15.5. The lowest BCUT2D eigenvalue weighted by Gasteiger charge is -2.32. The van der Waals surface area contributed by atoms with Crippen LogP contribution < -0.4 is 5.32 Å². The smallest absolute Gasteiger partial charge is 0.226 e. The number of nitrogens with zero attached hydrogens (tertiary/aromatic N) is 1. The minimum absolute atomic E-state index is 0. The van der Waals surface area contributed by atoms with Crippen LogP contribution in [0.15, 0.2) is 24.3 Å². The molecule has 2 atom stereocenters. The third-order valence-corrected chi connectivity index (χ3v) is 4.77. The molecule has 1 saturated heterocycles. The zero-order valence-electron chi connectivity index (χ0n) is 13.6. The van der Waals surface area contributed by atoms with Gasteiger partial charge in [-0.05, 0) is 63.3 Å². The summed E-state index contributed by atoms with van der Waals surface area (Å²) in [4.78, 5) is 14.9. The molecule has 1 aromatic carbocycles. The second-order valence-electron chi connectivity index (χ2n) is 6.72. The molecule has 0 radical (unpaired) electrons. The molecular formula is C18H26ClFN2O. The maximum absolute atomic E-state index is 13.3. The van der Waals surface area contributed by atoms with E-state index in [2.05, 4.69) is 17.1 Å². The number of benzene rings is 1. The number of nitrogens with one attached hydrogen (secondary N) is 1. The van der Waals surface area contributed by atoms with E-state index in [4.69, 9.17) is 0 Å². The van der Waals surface area contributed by atoms with Crippen LogP contribution in [0.1, 0.15) is 38.2 Å². The molecule has 2 fully saturated rings. The van der Waals surface area contributed by atoms with Crippen molar-refractivity contribution in [1.29, 1.82) is 0 Å². The van der Waals surface area contributed by atoms with E-state index in [1.54, 1.807) is 12.1 Å². The third kappa shape index (κ3) is 4.92. The topological polar surface area (TPSA) is 32.3 Å². The molecule has 5 heteroatoms. The van der Waals surface area contributed by atoms with Gasteiger partial charge in [0.25, 0.3) is 0 Å². The van der Waals surface area contributed by atoms with Crippen molar-refractivity contribution >= 4 is 18.3 Å². The van der Waals surface area contributed by atoms with Crippen molar-refractivity contribution < 1.29 is 9.18 Å². The first kappa shape index (κ1) is 18.2. The van der Waals surface area contributed by atoms with Crippen LogP contribution >= 0.6 is 12.4 Å². The van der Waals surface area contributed by atoms with Gasteiger partial charge in [-0.1, -0.05) is 12.1 Å². The minimum atomic E-state index is -0.200. The average molecular weight is 341 g/mol. The SMILES string of the molecule is C[C@H]1C[C@@H](C(=O)N(CCc2cccc(F)c2)C2CC2)CCN1.Cl. The summed E-state index contributed by atoms with van der Waals surface area (Å²) >= 11 is 0. The summed E-state index contributed by atoms with van der Waals surface area (Å²) in [5.41, 5.74) is 0.970. The second-order valence-corrected chi connectivity index (χ2v) is 6.72. The van der Waals surface area contributed by atoms with Crippen LogP contribution in [0.25, 0.3) is 0 Å². The largest absolute Gasteiger partial charge is 0.339 e. The Morgan fingerprint density at radius 3 is 2.78 bits per heavy atom. The second kappa shape index (κ2) is 8.11. The van der Waals surface area contributed by atoms with Crippen molar-refractivity contribution in [2.45, 2.75) is 51.1 Å². The van der Waals surface area contributed by atoms with Crippen molar-refractivity contribution in [1.82, 2.24) is 10.2 Å². The zero-order valence-corrected chi connectivity index (χ0v) is 14.4. The van der Waals surface area contributed by atoms with Gasteiger partial charge in [-0.15, -0.1) is 12.4 Å². The van der Waals surface area contributed by atoms with E-state index in [0.29, 0.717) is 24.5 Å². The monoisotopic (exact) mass is 340 g/mol. The molecule has 3 nitrogen and oxygen atoms in total. The Labute approximate surface area is 144 Å². The molecule has 1 N–H and O–H groups in total. The Balaban J connectivity index is 0.00000192. The number of piperidine rings is 1. The number of halogens is 2. The standard InChI is InChI=1S/C18H25FN2O.ClH/c1-13-11-15(7-9-20-13)18(22)21(17-5-6-17)10-8-14-3-2-4-16(19)12-14;/h2-4,12-13,15,17,20H,5-11H2,1H3;1H/t13-,15-;/m0./s1. The van der Waals surface area contributed by atoms with Gasteiger partial charge in [-0.3, -0.25) is 4.79 Å². The van der Waals surface area contributed by atoms with Gasteiger partial charge in [0.2, 0.25) is 5.91 Å². The Kier molecular flexibility index (Phi) is 6.42. The highest BCUT2D eigenvalue weighted by Gasteiger charge is 2.36. The maximum Gasteiger partial charge on any atom is 0.226 e. The minimum Gasteiger partial charge on any atom is -0.339 e. The number of carbonyl (C=O) groups excluding carboxylic acids is 1. The quantitative estimate of drug-likeness (QED) is 0.893. The van der Waals surface area contributed by atoms with E-state index < -0.39 is 0 Å². The van der Waals surface area contributed by atoms with Gasteiger partial charge < -0.3 is 10.2 Å². The fraction of sp³-hybridized carbons (Fsp3) is 0.611. The lowest BCUT2D eigenvalue weighted by atomic mass is 9.91. The summed E-state index contributed by atoms with van der Waals surface area (Å²) in [7, 11) is 0. The van der Waals surface area contributed by atoms with Gasteiger partial charge in [0.05, 0.1) is 0 Å². The number of carbonyl (C=O) groups is 1. The molecule has 1 aliphatic heterocycles. The van der Waals surface area contributed by atoms with Crippen LogP contribution in [0.2, 0.25) is 0 Å². The van der Waals surface area contributed by atoms with Crippen LogP contribution in [-0.4, -0.2) is 36.0 Å². The van der Waals surface area contributed by atoms with E-state index in [1.165, 1.54) is 6.07 Å². The third-order valence-electron chi connectivity index (χ3n) is 4.77. The lowest BCUT2D eigenvalue weighted by molar-refractivity contribution is -0.137. The molecule has 3 rings (SSSR count). The molecule has 2 aliphatic rings. The van der Waals surface area contributed by atoms with Gasteiger partial charge in [0.1, 0.15) is 5.82 Å². The highest BCUT2D eigenvalue weighted by Crippen LogP contribution is 2.30. The van der Waals surface area contributed by atoms with E-state index in [-0.39, 0.29) is 24.1 Å². The van der Waals surface area contributed by atoms with E-state index >= 15 is 0 Å². The molecule has 0 unspecified atom stereocenters. The fourth-order valence-electron chi connectivity index (χ4n) is 3.39. The fourth-order valence-corrected chi connectivity index (χ4v) is 3.39. The lowest BCUT2D eigenvalue weighted by Crippen LogP contribution is -2.45. The van der Waals surface area contributed by atoms with Crippen LogP contribution in [0.5, 0.6) is 0 Å². The van der Waals surface area contributed by atoms with Crippen molar-refractivity contribution in [2.75, 3.05) is 13.1 Å². The van der Waals surface area contributed by atoms with Crippen molar-refractivity contribution in [3.8, 4) is 0 Å². The molecule has 1 aromatic rings. The predicted octanol–water partition coefficient (Wildman–Crippen LogP) is 3.17. The first-order chi connectivity index (χ1) is 10.6. The van der Waals surface area contributed by atoms with Crippen LogP contribution in [0, 0.1) is 11.7 Å². The number of amides is 1. The molecule has 0 spiro atoms. The summed E-state index contributed by atoms with van der Waals surface area (Å²) in [5.74, 6) is 0.269. The van der Waals surface area contributed by atoms with Crippen LogP contribution in [-0.2, 0) is 11.2 Å². The first-order valence-corrected chi connectivity index (χ1v) is 8.42. The average Bonchev–Trinajstić information content (AvgIpc) is 3.32. The molecule has 1 saturated carbocycles. The highest BCUT2D eigenvalue weighted by atomic mass is 35.5. The van der Waals surface area contributed by atoms with Crippen LogP contribution in [0.3, 0.4) is 0 Å². The number of hydrogen-bond acceptors (Lipinski definition) is 2. The molecule has 1 heterocycles. The Morgan fingerprint density at radius 1 is 1.35 bits per heavy atom. The molecule has 128 valence electrons. The van der Waals surface area contributed by atoms with Crippen molar-refractivity contribution in [3.63, 3.8) is 0 Å². The predicted molar refractivity (Wildman–Crippen MR) is 92.3 cm³/mol. The first-order valence-electron chi connectivity index (χ1n) is 8.42. The summed E-state index contributed by atoms with van der Waals surface area (Å²) < 4.78 is 13.3. The van der Waals surface area contributed by atoms with E-state index in [9.17, 15) is 9.18 Å². The van der Waals surface area contributed by atoms with Crippen molar-refractivity contribution in [3.05, 3.63) is 35.6 Å². The van der Waals surface area contributed by atoms with Gasteiger partial charge in [-0.2, -0.15) is 0 Å². The van der Waals surface area contributed by atoms with Gasteiger partial charge in [0, 0.05) is 24.5 Å². The Morgan fingerprint density at radius 2 is 2.13 bits per heavy atom. The molecule has 1 aliphatic carbocycles. The Hall–Kier alpha value is -1.13. The summed E-state index contributed by atoms with van der Waals surface area (Å²) in [6, 6.07) is 7.55. The van der Waals surface area contributed by atoms with Crippen LogP contribution in [0.4, 0.5) is 4.39 Å². The molecule has 23 heavy (non-hydrogen) atoms. The van der Waals surface area contributed by atoms with Gasteiger partial charge in [0.15, 0.2) is 0 Å². The number of rotatable bonds is 5. The highest BCUT2D eigenvalue weighted by molar-refractivity contribution is 5.85. The summed E-state index contributed by atoms with van der Waals surface area (Å²) in [6.07, 6.45) is 4.85. The van der Waals surface area contributed by atoms with E-state index in [0.717, 1.165) is 44.2 Å². The van der Waals surface area contributed by atoms with Gasteiger partial charge >= 0.3 is 0 Å². The van der Waals surface area contributed by atoms with Crippen molar-refractivity contribution in [2.24, 2.45) is 5.92 Å². The van der Waals surface area contributed by atoms with E-state index in [1.807, 2.05) is 6.07 Å². The number of hydrogen-bond donors (Lipinski definition) is 1. The summed E-state index contributed by atoms with van der Waals surface area (Å²) in [5, 5.41) is 3.40. The van der Waals surface area contributed by atoms with Gasteiger partial charge in [-0.25, -0.2) is 4.39 Å². The summed E-state index contributed by atoms with van der Waals surface area (Å²) in [6.45, 7) is 3.79. The molecule has 1 amide bonds. The normalized spacial score (nSPS) is 23.9. The molecular weight excluding hydrogens is 315 g/mol. The molecule has 0 bridgehead atoms.